The molecule has 0 spiro atoms. The number of carbonyl (C=O) groups is 1. The molecule has 0 aliphatic rings. The first-order valence-electron chi connectivity index (χ1n) is 13.9. The highest BCUT2D eigenvalue weighted by atomic mass is 19.1. The Balaban J connectivity index is 0. The molecule has 0 bridgehead atoms. The zero-order chi connectivity index (χ0) is 29.5. The molecular weight excluding hydrogens is 469 g/mol. The van der Waals surface area contributed by atoms with Crippen molar-refractivity contribution in [3.05, 3.63) is 112 Å². The summed E-state index contributed by atoms with van der Waals surface area (Å²) in [5.41, 5.74) is 7.49. The fourth-order valence-electron chi connectivity index (χ4n) is 3.33. The Kier molecular flexibility index (Phi) is 22.5. The molecule has 0 unspecified atom stereocenters. The van der Waals surface area contributed by atoms with Crippen LogP contribution in [-0.4, -0.2) is 10.8 Å². The van der Waals surface area contributed by atoms with Gasteiger partial charge in [0, 0.05) is 17.5 Å². The van der Waals surface area contributed by atoms with Gasteiger partial charge in [-0.2, -0.15) is 0 Å². The molecule has 210 valence electrons. The number of pyridine rings is 1. The first-order chi connectivity index (χ1) is 18.0. The summed E-state index contributed by atoms with van der Waals surface area (Å²) in [6.07, 6.45) is 13.2. The molecule has 1 aromatic heterocycles. The molecule has 2 rings (SSSR count). The maximum Gasteiger partial charge on any atom is 0.160 e. The van der Waals surface area contributed by atoms with Gasteiger partial charge in [0.05, 0.1) is 0 Å². The molecule has 1 aromatic carbocycles. The summed E-state index contributed by atoms with van der Waals surface area (Å²) in [5, 5.41) is 0. The Bertz CT molecular complexity index is 1000. The molecule has 0 aliphatic heterocycles. The number of Topliss-reactive ketones (excluding diaryl/α,β-unsaturated/α-hetero) is 1. The molecule has 0 atom stereocenters. The minimum Gasteiger partial charge on any atom is -0.295 e. The molecule has 0 aliphatic carbocycles. The van der Waals surface area contributed by atoms with E-state index in [9.17, 15) is 9.18 Å². The molecule has 2 aromatic rings. The van der Waals surface area contributed by atoms with Crippen LogP contribution in [-0.2, 0) is 24.1 Å². The number of allylic oxidation sites excluding steroid dienone is 7. The van der Waals surface area contributed by atoms with Gasteiger partial charge in [-0.25, -0.2) is 4.39 Å². The standard InChI is InChI=1S/C14H20O.C9H11F.C9H13N.C3H8/c1-7-8-11(4)12(5)9-14(10(2)3)13(6)15;1-2-4-8-5-3-6-9(10)7-8;1-3-8-6-5-7-10-9(8)4-2;1-3-2/h7-9H,2H2,1,3-6H3;3,5-7H,2,4H2,1H3;5-7H,3-4H2,1-2H3;3H2,1-2H3/b8-7+,12-11+,14-9+;;;. The van der Waals surface area contributed by atoms with E-state index in [-0.39, 0.29) is 11.6 Å². The van der Waals surface area contributed by atoms with Crippen LogP contribution < -0.4 is 0 Å². The van der Waals surface area contributed by atoms with Crippen LogP contribution in [0.15, 0.2) is 89.7 Å². The number of aryl methyl sites for hydroxylation is 3. The fraction of sp³-hybridized carbons (Fsp3) is 0.429. The van der Waals surface area contributed by atoms with Crippen molar-refractivity contribution in [1.82, 2.24) is 4.98 Å². The third-order valence-corrected chi connectivity index (χ3v) is 5.37. The lowest BCUT2D eigenvalue weighted by molar-refractivity contribution is -0.113. The smallest absolute Gasteiger partial charge is 0.160 e. The molecule has 0 N–H and O–H groups in total. The van der Waals surface area contributed by atoms with Crippen LogP contribution in [0.5, 0.6) is 0 Å². The van der Waals surface area contributed by atoms with Gasteiger partial charge >= 0.3 is 0 Å². The second-order valence-corrected chi connectivity index (χ2v) is 9.16. The molecule has 0 fully saturated rings. The maximum atomic E-state index is 12.5. The molecule has 1 heterocycles. The zero-order valence-electron chi connectivity index (χ0n) is 25.7. The van der Waals surface area contributed by atoms with E-state index in [0.29, 0.717) is 5.57 Å². The summed E-state index contributed by atoms with van der Waals surface area (Å²) in [4.78, 5) is 15.6. The first-order valence-corrected chi connectivity index (χ1v) is 13.9. The molecular formula is C35H52FNO. The van der Waals surface area contributed by atoms with Crippen molar-refractivity contribution in [3.8, 4) is 0 Å². The number of aromatic nitrogens is 1. The molecule has 3 heteroatoms. The highest BCUT2D eigenvalue weighted by Crippen LogP contribution is 2.15. The Labute approximate surface area is 233 Å². The topological polar surface area (TPSA) is 30.0 Å². The predicted octanol–water partition coefficient (Wildman–Crippen LogP) is 10.4. The quantitative estimate of drug-likeness (QED) is 0.255. The number of benzene rings is 1. The van der Waals surface area contributed by atoms with Crippen LogP contribution in [0.3, 0.4) is 0 Å². The number of carbonyl (C=O) groups excluding carboxylic acids is 1. The van der Waals surface area contributed by atoms with Gasteiger partial charge in [0.25, 0.3) is 0 Å². The average Bonchev–Trinajstić information content (AvgIpc) is 2.88. The summed E-state index contributed by atoms with van der Waals surface area (Å²) in [6, 6.07) is 10.9. The molecule has 0 radical (unpaired) electrons. The van der Waals surface area contributed by atoms with Gasteiger partial charge in [0.1, 0.15) is 5.82 Å². The van der Waals surface area contributed by atoms with E-state index in [1.54, 1.807) is 19.1 Å². The first kappa shape index (κ1) is 37.1. The van der Waals surface area contributed by atoms with Crippen LogP contribution >= 0.6 is 0 Å². The van der Waals surface area contributed by atoms with Crippen molar-refractivity contribution in [1.29, 1.82) is 0 Å². The van der Waals surface area contributed by atoms with E-state index in [4.69, 9.17) is 0 Å². The van der Waals surface area contributed by atoms with Crippen molar-refractivity contribution in [3.63, 3.8) is 0 Å². The van der Waals surface area contributed by atoms with Crippen molar-refractivity contribution >= 4 is 5.78 Å². The lowest BCUT2D eigenvalue weighted by atomic mass is 10.0. The largest absolute Gasteiger partial charge is 0.295 e. The van der Waals surface area contributed by atoms with Gasteiger partial charge in [0.15, 0.2) is 5.78 Å². The lowest BCUT2D eigenvalue weighted by Crippen LogP contribution is -1.98. The summed E-state index contributed by atoms with van der Waals surface area (Å²) in [6.45, 7) is 23.9. The Morgan fingerprint density at radius 3 is 2.00 bits per heavy atom. The number of hydrogen-bond donors (Lipinski definition) is 0. The van der Waals surface area contributed by atoms with Gasteiger partial charge in [0.2, 0.25) is 0 Å². The van der Waals surface area contributed by atoms with Gasteiger partial charge in [-0.1, -0.05) is 84.4 Å². The predicted molar refractivity (Wildman–Crippen MR) is 166 cm³/mol. The van der Waals surface area contributed by atoms with E-state index in [1.165, 1.54) is 23.7 Å². The van der Waals surface area contributed by atoms with Crippen molar-refractivity contribution < 1.29 is 9.18 Å². The highest BCUT2D eigenvalue weighted by Gasteiger charge is 2.04. The summed E-state index contributed by atoms with van der Waals surface area (Å²) in [5.74, 6) is -0.0684. The van der Waals surface area contributed by atoms with Crippen LogP contribution in [0.25, 0.3) is 0 Å². The number of halogens is 1. The average molecular weight is 522 g/mol. The highest BCUT2D eigenvalue weighted by molar-refractivity contribution is 5.97. The minimum atomic E-state index is -0.133. The number of hydrogen-bond acceptors (Lipinski definition) is 2. The fourth-order valence-corrected chi connectivity index (χ4v) is 3.33. The van der Waals surface area contributed by atoms with Gasteiger partial charge in [-0.15, -0.1) is 0 Å². The molecule has 0 amide bonds. The molecule has 38 heavy (non-hydrogen) atoms. The number of ketones is 1. The SMILES string of the molecule is C=C(C)\C(=C/C(C)=C(C)/C=C/C)C(C)=O.CCC.CCCc1cccc(F)c1.CCc1cccnc1CC. The summed E-state index contributed by atoms with van der Waals surface area (Å²) >= 11 is 0. The summed E-state index contributed by atoms with van der Waals surface area (Å²) in [7, 11) is 0. The van der Waals surface area contributed by atoms with Crippen molar-refractivity contribution in [2.24, 2.45) is 0 Å². The number of rotatable bonds is 8. The van der Waals surface area contributed by atoms with E-state index in [0.717, 1.165) is 48.0 Å². The van der Waals surface area contributed by atoms with E-state index >= 15 is 0 Å². The maximum absolute atomic E-state index is 12.5. The van der Waals surface area contributed by atoms with Crippen LogP contribution in [0.4, 0.5) is 4.39 Å². The van der Waals surface area contributed by atoms with Crippen LogP contribution in [0.1, 0.15) is 98.9 Å². The lowest BCUT2D eigenvalue weighted by Gasteiger charge is -2.04. The third kappa shape index (κ3) is 17.4. The van der Waals surface area contributed by atoms with Crippen molar-refractivity contribution in [2.45, 2.75) is 101 Å². The second-order valence-electron chi connectivity index (χ2n) is 9.16. The Morgan fingerprint density at radius 2 is 1.58 bits per heavy atom. The molecule has 0 saturated carbocycles. The van der Waals surface area contributed by atoms with Gasteiger partial charge in [-0.3, -0.25) is 9.78 Å². The Morgan fingerprint density at radius 1 is 0.947 bits per heavy atom. The van der Waals surface area contributed by atoms with Crippen molar-refractivity contribution in [2.75, 3.05) is 0 Å². The minimum absolute atomic E-state index is 0.0649. The van der Waals surface area contributed by atoms with Crippen LogP contribution in [0, 0.1) is 5.82 Å². The zero-order valence-corrected chi connectivity index (χ0v) is 25.7. The van der Waals surface area contributed by atoms with Gasteiger partial charge in [-0.05, 0) is 106 Å². The monoisotopic (exact) mass is 521 g/mol. The third-order valence-electron chi connectivity index (χ3n) is 5.37. The number of nitrogens with zero attached hydrogens (tertiary/aromatic N) is 1. The molecule has 0 saturated heterocycles. The summed E-state index contributed by atoms with van der Waals surface area (Å²) < 4.78 is 12.5. The van der Waals surface area contributed by atoms with Crippen LogP contribution in [0.2, 0.25) is 0 Å². The van der Waals surface area contributed by atoms with E-state index in [1.807, 2.05) is 64.3 Å². The van der Waals surface area contributed by atoms with Gasteiger partial charge < -0.3 is 0 Å². The van der Waals surface area contributed by atoms with E-state index < -0.39 is 0 Å². The van der Waals surface area contributed by atoms with E-state index in [2.05, 4.69) is 52.2 Å². The normalized spacial score (nSPS) is 11.2. The second kappa shape index (κ2) is 23.1. The Hall–Kier alpha value is -3.07. The molecule has 2 nitrogen and oxygen atoms in total.